The molecular formula is C17H18N2O5. The fourth-order valence-electron chi connectivity index (χ4n) is 1.84. The summed E-state index contributed by atoms with van der Waals surface area (Å²) in [5.74, 6) is -1.70. The maximum atomic E-state index is 12.1. The maximum absolute atomic E-state index is 12.1. The zero-order valence-electron chi connectivity index (χ0n) is 13.6. The number of carbonyl (C=O) groups is 3. The van der Waals surface area contributed by atoms with Crippen molar-refractivity contribution >= 4 is 29.0 Å². The standard InChI is InChI=1S/C17H18N2O5/c1-10(2)16(21)19-13-9-11(23-3)6-7-12(13)18-17(22)15(20)14-5-4-8-24-14/h4-10H,1-3H3,(H,18,22)(H,19,21). The van der Waals surface area contributed by atoms with E-state index in [0.29, 0.717) is 11.4 Å². The third-order valence-corrected chi connectivity index (χ3v) is 3.21. The van der Waals surface area contributed by atoms with Crippen LogP contribution in [0.25, 0.3) is 0 Å². The van der Waals surface area contributed by atoms with Crippen LogP contribution in [0.5, 0.6) is 5.75 Å². The number of ether oxygens (including phenoxy) is 1. The van der Waals surface area contributed by atoms with Crippen molar-refractivity contribution in [2.24, 2.45) is 5.92 Å². The second kappa shape index (κ2) is 7.45. The first-order valence-electron chi connectivity index (χ1n) is 7.30. The molecule has 0 aliphatic heterocycles. The Labute approximate surface area is 139 Å². The Bertz CT molecular complexity index is 750. The molecule has 0 saturated heterocycles. The molecule has 0 radical (unpaired) electrons. The number of Topliss-reactive ketones (excluding diaryl/α,β-unsaturated/α-hetero) is 1. The lowest BCUT2D eigenvalue weighted by atomic mass is 10.2. The molecule has 1 aromatic heterocycles. The molecule has 1 aromatic carbocycles. The Morgan fingerprint density at radius 1 is 1.08 bits per heavy atom. The van der Waals surface area contributed by atoms with Gasteiger partial charge < -0.3 is 19.8 Å². The summed E-state index contributed by atoms with van der Waals surface area (Å²) in [7, 11) is 1.49. The summed E-state index contributed by atoms with van der Waals surface area (Å²) >= 11 is 0. The van der Waals surface area contributed by atoms with Crippen molar-refractivity contribution in [2.75, 3.05) is 17.7 Å². The summed E-state index contributed by atoms with van der Waals surface area (Å²) < 4.78 is 10.0. The van der Waals surface area contributed by atoms with Gasteiger partial charge in [-0.05, 0) is 24.3 Å². The molecule has 2 rings (SSSR count). The van der Waals surface area contributed by atoms with Crippen molar-refractivity contribution in [2.45, 2.75) is 13.8 Å². The molecular weight excluding hydrogens is 312 g/mol. The minimum atomic E-state index is -0.866. The highest BCUT2D eigenvalue weighted by molar-refractivity contribution is 6.46. The first-order valence-corrected chi connectivity index (χ1v) is 7.30. The van der Waals surface area contributed by atoms with Crippen LogP contribution in [0, 0.1) is 5.92 Å². The number of furan rings is 1. The molecule has 0 unspecified atom stereocenters. The van der Waals surface area contributed by atoms with E-state index in [1.165, 1.54) is 25.5 Å². The molecule has 24 heavy (non-hydrogen) atoms. The normalized spacial score (nSPS) is 10.3. The van der Waals surface area contributed by atoms with Crippen molar-refractivity contribution in [1.82, 2.24) is 0 Å². The van der Waals surface area contributed by atoms with E-state index in [9.17, 15) is 14.4 Å². The van der Waals surface area contributed by atoms with Crippen molar-refractivity contribution in [3.63, 3.8) is 0 Å². The van der Waals surface area contributed by atoms with Gasteiger partial charge in [0, 0.05) is 12.0 Å². The molecule has 0 atom stereocenters. The van der Waals surface area contributed by atoms with E-state index in [4.69, 9.17) is 9.15 Å². The lowest BCUT2D eigenvalue weighted by Gasteiger charge is -2.14. The molecule has 1 heterocycles. The second-order valence-corrected chi connectivity index (χ2v) is 5.32. The van der Waals surface area contributed by atoms with Crippen LogP contribution in [-0.2, 0) is 9.59 Å². The molecule has 0 saturated carbocycles. The van der Waals surface area contributed by atoms with E-state index >= 15 is 0 Å². The monoisotopic (exact) mass is 330 g/mol. The van der Waals surface area contributed by atoms with Gasteiger partial charge in [-0.2, -0.15) is 0 Å². The molecule has 7 heteroatoms. The van der Waals surface area contributed by atoms with Gasteiger partial charge >= 0.3 is 0 Å². The number of amides is 2. The number of nitrogens with one attached hydrogen (secondary N) is 2. The number of carbonyl (C=O) groups excluding carboxylic acids is 3. The van der Waals surface area contributed by atoms with Crippen molar-refractivity contribution in [1.29, 1.82) is 0 Å². The van der Waals surface area contributed by atoms with E-state index in [0.717, 1.165) is 0 Å². The van der Waals surface area contributed by atoms with E-state index in [2.05, 4.69) is 10.6 Å². The summed E-state index contributed by atoms with van der Waals surface area (Å²) in [4.78, 5) is 36.0. The van der Waals surface area contributed by atoms with Gasteiger partial charge in [-0.15, -0.1) is 0 Å². The summed E-state index contributed by atoms with van der Waals surface area (Å²) in [6.45, 7) is 3.49. The van der Waals surface area contributed by atoms with Crippen LogP contribution in [-0.4, -0.2) is 24.7 Å². The summed E-state index contributed by atoms with van der Waals surface area (Å²) in [5, 5.41) is 5.17. The number of ketones is 1. The zero-order valence-corrected chi connectivity index (χ0v) is 13.6. The molecule has 0 aliphatic carbocycles. The zero-order chi connectivity index (χ0) is 17.7. The van der Waals surface area contributed by atoms with Gasteiger partial charge in [-0.1, -0.05) is 13.8 Å². The third kappa shape index (κ3) is 4.01. The molecule has 7 nitrogen and oxygen atoms in total. The first-order chi connectivity index (χ1) is 11.4. The lowest BCUT2D eigenvalue weighted by Crippen LogP contribution is -2.24. The van der Waals surface area contributed by atoms with Gasteiger partial charge in [-0.3, -0.25) is 14.4 Å². The lowest BCUT2D eigenvalue weighted by molar-refractivity contribution is -0.119. The third-order valence-electron chi connectivity index (χ3n) is 3.21. The summed E-state index contributed by atoms with van der Waals surface area (Å²) in [6, 6.07) is 7.63. The Kier molecular flexibility index (Phi) is 5.36. The van der Waals surface area contributed by atoms with Crippen LogP contribution in [0.15, 0.2) is 41.0 Å². The topological polar surface area (TPSA) is 97.6 Å². The van der Waals surface area contributed by atoms with Crippen molar-refractivity contribution < 1.29 is 23.5 Å². The summed E-state index contributed by atoms with van der Waals surface area (Å²) in [6.07, 6.45) is 1.31. The maximum Gasteiger partial charge on any atom is 0.300 e. The average Bonchev–Trinajstić information content (AvgIpc) is 3.09. The van der Waals surface area contributed by atoms with E-state index in [1.54, 1.807) is 32.0 Å². The van der Waals surface area contributed by atoms with E-state index in [-0.39, 0.29) is 23.3 Å². The molecule has 0 spiro atoms. The highest BCUT2D eigenvalue weighted by atomic mass is 16.5. The average molecular weight is 330 g/mol. The van der Waals surface area contributed by atoms with Crippen LogP contribution in [0.4, 0.5) is 11.4 Å². The predicted octanol–water partition coefficient (Wildman–Crippen LogP) is 2.70. The fraction of sp³-hybridized carbons (Fsp3) is 0.235. The van der Waals surface area contributed by atoms with Crippen LogP contribution < -0.4 is 15.4 Å². The van der Waals surface area contributed by atoms with Crippen molar-refractivity contribution in [3.8, 4) is 5.75 Å². The van der Waals surface area contributed by atoms with Crippen molar-refractivity contribution in [3.05, 3.63) is 42.4 Å². The van der Waals surface area contributed by atoms with Gasteiger partial charge in [0.15, 0.2) is 5.76 Å². The minimum Gasteiger partial charge on any atom is -0.497 e. The highest BCUT2D eigenvalue weighted by Gasteiger charge is 2.21. The van der Waals surface area contributed by atoms with Gasteiger partial charge in [0.05, 0.1) is 24.7 Å². The molecule has 0 fully saturated rings. The Morgan fingerprint density at radius 2 is 1.83 bits per heavy atom. The van der Waals surface area contributed by atoms with Crippen LogP contribution in [0.3, 0.4) is 0 Å². The van der Waals surface area contributed by atoms with Crippen LogP contribution in [0.2, 0.25) is 0 Å². The number of anilines is 2. The van der Waals surface area contributed by atoms with Gasteiger partial charge in [-0.25, -0.2) is 0 Å². The number of hydrogen-bond donors (Lipinski definition) is 2. The molecule has 126 valence electrons. The first kappa shape index (κ1) is 17.3. The largest absolute Gasteiger partial charge is 0.497 e. The van der Waals surface area contributed by atoms with Crippen LogP contribution in [0.1, 0.15) is 24.4 Å². The highest BCUT2D eigenvalue weighted by Crippen LogP contribution is 2.27. The van der Waals surface area contributed by atoms with E-state index < -0.39 is 11.7 Å². The number of methoxy groups -OCH3 is 1. The summed E-state index contributed by atoms with van der Waals surface area (Å²) in [5.41, 5.74) is 0.628. The van der Waals surface area contributed by atoms with Gasteiger partial charge in [0.1, 0.15) is 5.75 Å². The molecule has 0 aliphatic rings. The van der Waals surface area contributed by atoms with Gasteiger partial charge in [0.2, 0.25) is 5.91 Å². The Morgan fingerprint density at radius 3 is 2.42 bits per heavy atom. The predicted molar refractivity (Wildman–Crippen MR) is 88.1 cm³/mol. The molecule has 2 N–H and O–H groups in total. The van der Waals surface area contributed by atoms with E-state index in [1.807, 2.05) is 0 Å². The second-order valence-electron chi connectivity index (χ2n) is 5.32. The smallest absolute Gasteiger partial charge is 0.300 e. The Balaban J connectivity index is 2.23. The van der Waals surface area contributed by atoms with Crippen LogP contribution >= 0.6 is 0 Å². The number of rotatable bonds is 6. The molecule has 0 bridgehead atoms. The quantitative estimate of drug-likeness (QED) is 0.627. The fourth-order valence-corrected chi connectivity index (χ4v) is 1.84. The minimum absolute atomic E-state index is 0.0613. The SMILES string of the molecule is COc1ccc(NC(=O)C(=O)c2ccco2)c(NC(=O)C(C)C)c1. The van der Waals surface area contributed by atoms with Gasteiger partial charge in [0.25, 0.3) is 11.7 Å². The molecule has 2 aromatic rings. The number of benzene rings is 1. The molecule has 2 amide bonds. The Hall–Kier alpha value is -3.09. The number of hydrogen-bond acceptors (Lipinski definition) is 5.